The smallest absolute Gasteiger partial charge is 0.264 e. The summed E-state index contributed by atoms with van der Waals surface area (Å²) >= 11 is 6.32. The number of hydrogen-bond donors (Lipinski definition) is 1. The lowest BCUT2D eigenvalue weighted by atomic mass is 10.1. The lowest BCUT2D eigenvalue weighted by Crippen LogP contribution is -2.50. The van der Waals surface area contributed by atoms with Crippen molar-refractivity contribution in [1.29, 1.82) is 0 Å². The summed E-state index contributed by atoms with van der Waals surface area (Å²) in [7, 11) is -2.62. The van der Waals surface area contributed by atoms with E-state index in [1.54, 1.807) is 37.3 Å². The fraction of sp³-hybridized carbons (Fsp3) is 0.259. The summed E-state index contributed by atoms with van der Waals surface area (Å²) < 4.78 is 28.4. The standard InChI is InChI=1S/C27H30ClN3O4S/c1-19-9-8-10-22(15-19)17-30(21(3)27(33)29-4)26(32)18-31(23-14-13-20(2)25(28)16-23)36(34,35)24-11-6-5-7-12-24/h5-16,21H,17-18H2,1-4H3,(H,29,33). The SMILES string of the molecule is CNC(=O)C(C)N(Cc1cccc(C)c1)C(=O)CN(c1ccc(C)c(Cl)c1)S(=O)(=O)c1ccccc1. The first-order valence-electron chi connectivity index (χ1n) is 11.4. The Morgan fingerprint density at radius 3 is 2.28 bits per heavy atom. The number of sulfonamides is 1. The molecule has 36 heavy (non-hydrogen) atoms. The maximum absolute atomic E-state index is 13.7. The Balaban J connectivity index is 2.05. The molecule has 1 N–H and O–H groups in total. The molecule has 2 amide bonds. The zero-order valence-corrected chi connectivity index (χ0v) is 22.3. The minimum absolute atomic E-state index is 0.0408. The van der Waals surface area contributed by atoms with Gasteiger partial charge in [-0.3, -0.25) is 13.9 Å². The highest BCUT2D eigenvalue weighted by Gasteiger charge is 2.32. The maximum Gasteiger partial charge on any atom is 0.264 e. The number of halogens is 1. The molecule has 3 aromatic rings. The topological polar surface area (TPSA) is 86.8 Å². The van der Waals surface area contributed by atoms with E-state index in [0.29, 0.717) is 5.02 Å². The van der Waals surface area contributed by atoms with Gasteiger partial charge < -0.3 is 10.2 Å². The Kier molecular flexibility index (Phi) is 8.76. The predicted molar refractivity (Wildman–Crippen MR) is 142 cm³/mol. The Hall–Kier alpha value is -3.36. The number of benzene rings is 3. The average molecular weight is 528 g/mol. The molecule has 3 rings (SSSR count). The van der Waals surface area contributed by atoms with E-state index in [1.165, 1.54) is 30.1 Å². The maximum atomic E-state index is 13.7. The molecule has 0 fully saturated rings. The first kappa shape index (κ1) is 27.2. The van der Waals surface area contributed by atoms with Crippen molar-refractivity contribution in [3.8, 4) is 0 Å². The molecule has 0 heterocycles. The van der Waals surface area contributed by atoms with Crippen LogP contribution in [-0.4, -0.2) is 44.8 Å². The minimum Gasteiger partial charge on any atom is -0.357 e. The van der Waals surface area contributed by atoms with Gasteiger partial charge in [0.1, 0.15) is 12.6 Å². The fourth-order valence-electron chi connectivity index (χ4n) is 3.78. The van der Waals surface area contributed by atoms with Crippen molar-refractivity contribution >= 4 is 39.1 Å². The van der Waals surface area contributed by atoms with Gasteiger partial charge in [-0.05, 0) is 56.2 Å². The van der Waals surface area contributed by atoms with Gasteiger partial charge in [0.2, 0.25) is 11.8 Å². The molecule has 0 aromatic heterocycles. The van der Waals surface area contributed by atoms with Gasteiger partial charge >= 0.3 is 0 Å². The van der Waals surface area contributed by atoms with E-state index in [0.717, 1.165) is 21.0 Å². The summed E-state index contributed by atoms with van der Waals surface area (Å²) in [4.78, 5) is 27.7. The molecule has 7 nitrogen and oxygen atoms in total. The van der Waals surface area contributed by atoms with E-state index < -0.39 is 28.5 Å². The van der Waals surface area contributed by atoms with Crippen molar-refractivity contribution in [2.45, 2.75) is 38.3 Å². The van der Waals surface area contributed by atoms with Crippen LogP contribution in [0.15, 0.2) is 77.7 Å². The van der Waals surface area contributed by atoms with Gasteiger partial charge in [0.15, 0.2) is 0 Å². The average Bonchev–Trinajstić information content (AvgIpc) is 2.87. The molecule has 190 valence electrons. The molecular weight excluding hydrogens is 498 g/mol. The quantitative estimate of drug-likeness (QED) is 0.449. The molecule has 0 aliphatic carbocycles. The second-order valence-corrected chi connectivity index (χ2v) is 10.8. The van der Waals surface area contributed by atoms with Crippen LogP contribution in [0.4, 0.5) is 5.69 Å². The summed E-state index contributed by atoms with van der Waals surface area (Å²) in [6, 6.07) is 19.5. The fourth-order valence-corrected chi connectivity index (χ4v) is 5.39. The monoisotopic (exact) mass is 527 g/mol. The van der Waals surface area contributed by atoms with Crippen molar-refractivity contribution in [3.63, 3.8) is 0 Å². The van der Waals surface area contributed by atoms with Crippen molar-refractivity contribution in [2.24, 2.45) is 0 Å². The van der Waals surface area contributed by atoms with Gasteiger partial charge in [0.25, 0.3) is 10.0 Å². The number of amides is 2. The highest BCUT2D eigenvalue weighted by atomic mass is 35.5. The molecule has 1 unspecified atom stereocenters. The molecule has 0 bridgehead atoms. The van der Waals surface area contributed by atoms with Crippen molar-refractivity contribution in [3.05, 3.63) is 94.5 Å². The van der Waals surface area contributed by atoms with E-state index in [-0.39, 0.29) is 23.0 Å². The molecule has 3 aromatic carbocycles. The molecular formula is C27H30ClN3O4S. The second-order valence-electron chi connectivity index (χ2n) is 8.56. The van der Waals surface area contributed by atoms with Crippen LogP contribution in [0, 0.1) is 13.8 Å². The van der Waals surface area contributed by atoms with Crippen LogP contribution >= 0.6 is 11.6 Å². The number of carbonyl (C=O) groups excluding carboxylic acids is 2. The van der Waals surface area contributed by atoms with E-state index in [9.17, 15) is 18.0 Å². The van der Waals surface area contributed by atoms with Crippen LogP contribution in [0.2, 0.25) is 5.02 Å². The first-order chi connectivity index (χ1) is 17.0. The summed E-state index contributed by atoms with van der Waals surface area (Å²) in [6.07, 6.45) is 0. The summed E-state index contributed by atoms with van der Waals surface area (Å²) in [5.41, 5.74) is 2.87. The normalized spacial score (nSPS) is 12.0. The number of rotatable bonds is 9. The van der Waals surface area contributed by atoms with Crippen molar-refractivity contribution < 1.29 is 18.0 Å². The van der Waals surface area contributed by atoms with Crippen LogP contribution in [0.1, 0.15) is 23.6 Å². The van der Waals surface area contributed by atoms with Gasteiger partial charge in [-0.25, -0.2) is 8.42 Å². The number of anilines is 1. The van der Waals surface area contributed by atoms with E-state index in [4.69, 9.17) is 11.6 Å². The van der Waals surface area contributed by atoms with Crippen LogP contribution in [-0.2, 0) is 26.2 Å². The van der Waals surface area contributed by atoms with E-state index in [1.807, 2.05) is 38.1 Å². The third-order valence-corrected chi connectivity index (χ3v) is 8.10. The van der Waals surface area contributed by atoms with Gasteiger partial charge in [0, 0.05) is 18.6 Å². The Labute approximate surface area is 217 Å². The van der Waals surface area contributed by atoms with Gasteiger partial charge in [0.05, 0.1) is 10.6 Å². The molecule has 0 saturated heterocycles. The number of hydrogen-bond acceptors (Lipinski definition) is 4. The molecule has 0 aliphatic rings. The zero-order valence-electron chi connectivity index (χ0n) is 20.7. The first-order valence-corrected chi connectivity index (χ1v) is 13.3. The summed E-state index contributed by atoms with van der Waals surface area (Å²) in [5.74, 6) is -0.879. The lowest BCUT2D eigenvalue weighted by molar-refractivity contribution is -0.139. The third-order valence-electron chi connectivity index (χ3n) is 5.90. The van der Waals surface area contributed by atoms with E-state index >= 15 is 0 Å². The van der Waals surface area contributed by atoms with Gasteiger partial charge in [-0.15, -0.1) is 0 Å². The highest BCUT2D eigenvalue weighted by molar-refractivity contribution is 7.92. The number of nitrogens with zero attached hydrogens (tertiary/aromatic N) is 2. The van der Waals surface area contributed by atoms with E-state index in [2.05, 4.69) is 5.32 Å². The molecule has 9 heteroatoms. The molecule has 0 radical (unpaired) electrons. The molecule has 0 saturated carbocycles. The number of nitrogens with one attached hydrogen (secondary N) is 1. The van der Waals surface area contributed by atoms with Crippen LogP contribution in [0.5, 0.6) is 0 Å². The summed E-state index contributed by atoms with van der Waals surface area (Å²) in [6.45, 7) is 4.99. The van der Waals surface area contributed by atoms with Crippen molar-refractivity contribution in [1.82, 2.24) is 10.2 Å². The number of likely N-dealkylation sites (N-methyl/N-ethyl adjacent to an activating group) is 1. The Morgan fingerprint density at radius 1 is 0.972 bits per heavy atom. The summed E-state index contributed by atoms with van der Waals surface area (Å²) in [5, 5.41) is 2.95. The molecule has 1 atom stereocenters. The minimum atomic E-state index is -4.12. The molecule has 0 aliphatic heterocycles. The van der Waals surface area contributed by atoms with Crippen LogP contribution < -0.4 is 9.62 Å². The zero-order chi connectivity index (χ0) is 26.5. The largest absolute Gasteiger partial charge is 0.357 e. The Bertz CT molecular complexity index is 1350. The number of carbonyl (C=O) groups is 2. The van der Waals surface area contributed by atoms with Crippen molar-refractivity contribution in [2.75, 3.05) is 17.9 Å². The van der Waals surface area contributed by atoms with Gasteiger partial charge in [-0.1, -0.05) is 65.7 Å². The second kappa shape index (κ2) is 11.6. The third kappa shape index (κ3) is 6.25. The van der Waals surface area contributed by atoms with Gasteiger partial charge in [-0.2, -0.15) is 0 Å². The lowest BCUT2D eigenvalue weighted by Gasteiger charge is -2.32. The van der Waals surface area contributed by atoms with Crippen LogP contribution in [0.3, 0.4) is 0 Å². The molecule has 0 spiro atoms. The predicted octanol–water partition coefficient (Wildman–Crippen LogP) is 4.32. The highest BCUT2D eigenvalue weighted by Crippen LogP contribution is 2.28. The number of aryl methyl sites for hydroxylation is 2. The van der Waals surface area contributed by atoms with Crippen LogP contribution in [0.25, 0.3) is 0 Å². The Morgan fingerprint density at radius 2 is 1.67 bits per heavy atom.